The lowest BCUT2D eigenvalue weighted by Gasteiger charge is -2.12. The second-order valence-corrected chi connectivity index (χ2v) is 5.59. The van der Waals surface area contributed by atoms with Gasteiger partial charge in [-0.15, -0.1) is 0 Å². The van der Waals surface area contributed by atoms with E-state index in [2.05, 4.69) is 70.2 Å². The average molecular weight is 240 g/mol. The standard InChI is InChI=1S/C18H24/c1-5-8-16-12-18(16)15(4)11-14(3)17-10-7-6-9-13(17)2/h5-11,14,16,18H,12H2,1-4H3/b8-5-,15-11+. The van der Waals surface area contributed by atoms with Crippen LogP contribution in [0.2, 0.25) is 0 Å². The first-order chi connectivity index (χ1) is 8.63. The predicted octanol–water partition coefficient (Wildman–Crippen LogP) is 5.26. The van der Waals surface area contributed by atoms with Crippen molar-refractivity contribution in [1.29, 1.82) is 0 Å². The molecule has 0 aliphatic heterocycles. The number of allylic oxidation sites excluding steroid dienone is 4. The summed E-state index contributed by atoms with van der Waals surface area (Å²) in [6.07, 6.45) is 8.33. The van der Waals surface area contributed by atoms with E-state index in [4.69, 9.17) is 0 Å². The summed E-state index contributed by atoms with van der Waals surface area (Å²) in [5.74, 6) is 2.13. The van der Waals surface area contributed by atoms with E-state index in [0.29, 0.717) is 5.92 Å². The van der Waals surface area contributed by atoms with E-state index in [1.54, 1.807) is 5.57 Å². The lowest BCUT2D eigenvalue weighted by Crippen LogP contribution is -1.95. The lowest BCUT2D eigenvalue weighted by molar-refractivity contribution is 0.870. The van der Waals surface area contributed by atoms with E-state index in [1.807, 2.05) is 0 Å². The quantitative estimate of drug-likeness (QED) is 0.630. The molecule has 0 N–H and O–H groups in total. The van der Waals surface area contributed by atoms with Crippen LogP contribution in [0, 0.1) is 18.8 Å². The van der Waals surface area contributed by atoms with E-state index in [-0.39, 0.29) is 0 Å². The third kappa shape index (κ3) is 2.93. The average Bonchev–Trinajstić information content (AvgIpc) is 3.09. The van der Waals surface area contributed by atoms with Crippen LogP contribution in [0.15, 0.2) is 48.1 Å². The molecule has 1 aromatic carbocycles. The first-order valence-electron chi connectivity index (χ1n) is 7.00. The van der Waals surface area contributed by atoms with Crippen LogP contribution in [-0.2, 0) is 0 Å². The molecule has 1 aliphatic rings. The van der Waals surface area contributed by atoms with Crippen LogP contribution in [0.3, 0.4) is 0 Å². The van der Waals surface area contributed by atoms with Gasteiger partial charge in [0.25, 0.3) is 0 Å². The molecule has 0 heterocycles. The van der Waals surface area contributed by atoms with E-state index in [1.165, 1.54) is 17.5 Å². The second-order valence-electron chi connectivity index (χ2n) is 5.59. The molecule has 18 heavy (non-hydrogen) atoms. The van der Waals surface area contributed by atoms with Crippen molar-refractivity contribution in [3.8, 4) is 0 Å². The topological polar surface area (TPSA) is 0 Å². The zero-order valence-corrected chi connectivity index (χ0v) is 12.0. The second kappa shape index (κ2) is 5.56. The first kappa shape index (κ1) is 13.1. The molecule has 0 aromatic heterocycles. The molecule has 1 aliphatic carbocycles. The van der Waals surface area contributed by atoms with Crippen LogP contribution in [-0.4, -0.2) is 0 Å². The molecule has 0 saturated heterocycles. The minimum atomic E-state index is 0.526. The van der Waals surface area contributed by atoms with Gasteiger partial charge < -0.3 is 0 Å². The van der Waals surface area contributed by atoms with Crippen molar-refractivity contribution in [3.63, 3.8) is 0 Å². The molecule has 1 saturated carbocycles. The fraction of sp³-hybridized carbons (Fsp3) is 0.444. The van der Waals surface area contributed by atoms with Gasteiger partial charge in [-0.2, -0.15) is 0 Å². The zero-order valence-electron chi connectivity index (χ0n) is 12.0. The number of benzene rings is 1. The van der Waals surface area contributed by atoms with Crippen LogP contribution in [0.4, 0.5) is 0 Å². The predicted molar refractivity (Wildman–Crippen MR) is 79.8 cm³/mol. The Balaban J connectivity index is 2.07. The van der Waals surface area contributed by atoms with Gasteiger partial charge in [-0.05, 0) is 56.1 Å². The molecule has 3 unspecified atom stereocenters. The van der Waals surface area contributed by atoms with Crippen LogP contribution in [0.25, 0.3) is 0 Å². The Hall–Kier alpha value is -1.30. The first-order valence-corrected chi connectivity index (χ1v) is 7.00. The van der Waals surface area contributed by atoms with Crippen molar-refractivity contribution in [3.05, 3.63) is 59.2 Å². The van der Waals surface area contributed by atoms with Crippen molar-refractivity contribution in [2.75, 3.05) is 0 Å². The van der Waals surface area contributed by atoms with Gasteiger partial charge in [-0.1, -0.05) is 55.0 Å². The molecule has 3 atom stereocenters. The highest BCUT2D eigenvalue weighted by Crippen LogP contribution is 2.45. The molecule has 1 aromatic rings. The fourth-order valence-electron chi connectivity index (χ4n) is 2.90. The Morgan fingerprint density at radius 2 is 2.06 bits per heavy atom. The van der Waals surface area contributed by atoms with E-state index in [9.17, 15) is 0 Å². The molecule has 0 radical (unpaired) electrons. The van der Waals surface area contributed by atoms with Gasteiger partial charge in [0.2, 0.25) is 0 Å². The molecule has 96 valence electrons. The van der Waals surface area contributed by atoms with Crippen molar-refractivity contribution >= 4 is 0 Å². The van der Waals surface area contributed by atoms with E-state index < -0.39 is 0 Å². The molecule has 0 heteroatoms. The van der Waals surface area contributed by atoms with Gasteiger partial charge in [-0.25, -0.2) is 0 Å². The van der Waals surface area contributed by atoms with Crippen molar-refractivity contribution < 1.29 is 0 Å². The number of rotatable bonds is 4. The maximum absolute atomic E-state index is 2.45. The fourth-order valence-corrected chi connectivity index (χ4v) is 2.90. The molecule has 0 spiro atoms. The summed E-state index contributed by atoms with van der Waals surface area (Å²) in [4.78, 5) is 0. The summed E-state index contributed by atoms with van der Waals surface area (Å²) in [5.41, 5.74) is 4.42. The van der Waals surface area contributed by atoms with Crippen molar-refractivity contribution in [2.45, 2.75) is 40.0 Å². The Morgan fingerprint density at radius 3 is 2.72 bits per heavy atom. The highest BCUT2D eigenvalue weighted by molar-refractivity contribution is 5.33. The van der Waals surface area contributed by atoms with Crippen LogP contribution < -0.4 is 0 Å². The summed E-state index contributed by atoms with van der Waals surface area (Å²) in [6, 6.07) is 8.71. The van der Waals surface area contributed by atoms with Gasteiger partial charge in [-0.3, -0.25) is 0 Å². The normalized spacial score (nSPS) is 25.4. The Kier molecular flexibility index (Phi) is 4.06. The van der Waals surface area contributed by atoms with Crippen LogP contribution in [0.1, 0.15) is 44.2 Å². The summed E-state index contributed by atoms with van der Waals surface area (Å²) in [6.45, 7) is 8.92. The Bertz CT molecular complexity index is 465. The Morgan fingerprint density at radius 1 is 1.33 bits per heavy atom. The number of hydrogen-bond donors (Lipinski definition) is 0. The highest BCUT2D eigenvalue weighted by Gasteiger charge is 2.35. The smallest absolute Gasteiger partial charge is 0.000514 e. The molecule has 0 nitrogen and oxygen atoms in total. The minimum absolute atomic E-state index is 0.526. The molecule has 0 amide bonds. The SMILES string of the molecule is C/C=C\C1CC1/C(C)=C/C(C)c1ccccc1C. The maximum atomic E-state index is 2.45. The van der Waals surface area contributed by atoms with E-state index >= 15 is 0 Å². The lowest BCUT2D eigenvalue weighted by atomic mass is 9.93. The van der Waals surface area contributed by atoms with E-state index in [0.717, 1.165) is 11.8 Å². The third-order valence-corrected chi connectivity index (χ3v) is 4.06. The summed E-state index contributed by atoms with van der Waals surface area (Å²) >= 11 is 0. The molecular formula is C18H24. The summed E-state index contributed by atoms with van der Waals surface area (Å²) < 4.78 is 0. The monoisotopic (exact) mass is 240 g/mol. The van der Waals surface area contributed by atoms with Crippen LogP contribution in [0.5, 0.6) is 0 Å². The zero-order chi connectivity index (χ0) is 13.1. The largest absolute Gasteiger partial charge is 0.0914 e. The van der Waals surface area contributed by atoms with Gasteiger partial charge in [0.05, 0.1) is 0 Å². The summed E-state index contributed by atoms with van der Waals surface area (Å²) in [5, 5.41) is 0. The van der Waals surface area contributed by atoms with Gasteiger partial charge >= 0.3 is 0 Å². The van der Waals surface area contributed by atoms with Gasteiger partial charge in [0, 0.05) is 0 Å². The number of hydrogen-bond acceptors (Lipinski definition) is 0. The maximum Gasteiger partial charge on any atom is -0.000514 e. The van der Waals surface area contributed by atoms with Crippen LogP contribution >= 0.6 is 0 Å². The highest BCUT2D eigenvalue weighted by atomic mass is 14.4. The van der Waals surface area contributed by atoms with Crippen molar-refractivity contribution in [2.24, 2.45) is 11.8 Å². The summed E-state index contributed by atoms with van der Waals surface area (Å²) in [7, 11) is 0. The van der Waals surface area contributed by atoms with Gasteiger partial charge in [0.1, 0.15) is 0 Å². The van der Waals surface area contributed by atoms with Gasteiger partial charge in [0.15, 0.2) is 0 Å². The Labute approximate surface area is 111 Å². The third-order valence-electron chi connectivity index (χ3n) is 4.06. The molecular weight excluding hydrogens is 216 g/mol. The van der Waals surface area contributed by atoms with Crippen molar-refractivity contribution in [1.82, 2.24) is 0 Å². The molecule has 2 rings (SSSR count). The number of aryl methyl sites for hydroxylation is 1. The minimum Gasteiger partial charge on any atom is -0.0914 e. The molecule has 0 bridgehead atoms. The molecule has 1 fully saturated rings.